The van der Waals surface area contributed by atoms with E-state index in [1.54, 1.807) is 17.0 Å². The number of carbonyl (C=O) groups excluding carboxylic acids is 1. The molecule has 2 atom stereocenters. The van der Waals surface area contributed by atoms with E-state index in [2.05, 4.69) is 18.7 Å². The number of hydrogen-bond acceptors (Lipinski definition) is 8. The number of aliphatic hydroxyl groups is 1. The van der Waals surface area contributed by atoms with Gasteiger partial charge in [-0.1, -0.05) is 13.8 Å². The van der Waals surface area contributed by atoms with Gasteiger partial charge in [-0.15, -0.1) is 0 Å². The standard InChI is InChI=1S/C28H39FN2O7/c1-19(2)14-31(28(33)20-12-25(34-3)27(36-5)26(13-20)35-4)17-24-16-30(10-11-37-24)15-22(32)18-38-23-8-6-21(29)7-9-23/h6-9,12-13,19,22,24,32H,10-11,14-18H2,1-5H3. The third-order valence-corrected chi connectivity index (χ3v) is 6.16. The Morgan fingerprint density at radius 2 is 1.79 bits per heavy atom. The number of ether oxygens (including phenoxy) is 5. The fourth-order valence-corrected chi connectivity index (χ4v) is 4.44. The van der Waals surface area contributed by atoms with Crippen molar-refractivity contribution in [3.05, 3.63) is 47.8 Å². The molecule has 210 valence electrons. The molecule has 3 rings (SSSR count). The van der Waals surface area contributed by atoms with Gasteiger partial charge in [0.15, 0.2) is 11.5 Å². The maximum absolute atomic E-state index is 13.6. The van der Waals surface area contributed by atoms with E-state index in [4.69, 9.17) is 23.7 Å². The molecule has 2 aromatic carbocycles. The number of methoxy groups -OCH3 is 3. The molecular formula is C28H39FN2O7. The maximum atomic E-state index is 13.6. The van der Waals surface area contributed by atoms with E-state index < -0.39 is 6.10 Å². The average Bonchev–Trinajstić information content (AvgIpc) is 2.91. The molecule has 0 radical (unpaired) electrons. The highest BCUT2D eigenvalue weighted by molar-refractivity contribution is 5.95. The van der Waals surface area contributed by atoms with E-state index in [1.165, 1.54) is 45.6 Å². The van der Waals surface area contributed by atoms with Gasteiger partial charge >= 0.3 is 0 Å². The molecule has 1 N–H and O–H groups in total. The molecule has 2 aromatic rings. The monoisotopic (exact) mass is 534 g/mol. The number of morpholine rings is 1. The molecule has 10 heteroatoms. The lowest BCUT2D eigenvalue weighted by molar-refractivity contribution is -0.0542. The first-order valence-electron chi connectivity index (χ1n) is 12.7. The molecule has 1 aliphatic rings. The van der Waals surface area contributed by atoms with Crippen LogP contribution < -0.4 is 18.9 Å². The first-order valence-corrected chi connectivity index (χ1v) is 12.7. The number of benzene rings is 2. The van der Waals surface area contributed by atoms with Gasteiger partial charge in [0.05, 0.1) is 34.0 Å². The Balaban J connectivity index is 1.63. The van der Waals surface area contributed by atoms with Gasteiger partial charge in [0.25, 0.3) is 5.91 Å². The van der Waals surface area contributed by atoms with Crippen LogP contribution in [0.2, 0.25) is 0 Å². The number of amides is 1. The van der Waals surface area contributed by atoms with E-state index in [9.17, 15) is 14.3 Å². The highest BCUT2D eigenvalue weighted by atomic mass is 19.1. The molecule has 0 bridgehead atoms. The van der Waals surface area contributed by atoms with Crippen LogP contribution >= 0.6 is 0 Å². The van der Waals surface area contributed by atoms with E-state index in [0.717, 1.165) is 0 Å². The number of nitrogens with zero attached hydrogens (tertiary/aromatic N) is 2. The number of hydrogen-bond donors (Lipinski definition) is 1. The predicted molar refractivity (Wildman–Crippen MR) is 141 cm³/mol. The SMILES string of the molecule is COc1cc(C(=O)N(CC(C)C)CC2CN(CC(O)COc3ccc(F)cc3)CCO2)cc(OC)c1OC. The fourth-order valence-electron chi connectivity index (χ4n) is 4.44. The zero-order valence-corrected chi connectivity index (χ0v) is 22.8. The smallest absolute Gasteiger partial charge is 0.254 e. The zero-order chi connectivity index (χ0) is 27.7. The van der Waals surface area contributed by atoms with Crippen LogP contribution in [0, 0.1) is 11.7 Å². The van der Waals surface area contributed by atoms with Gasteiger partial charge in [-0.25, -0.2) is 4.39 Å². The summed E-state index contributed by atoms with van der Waals surface area (Å²) in [5.41, 5.74) is 0.432. The molecule has 0 spiro atoms. The molecule has 0 aromatic heterocycles. The van der Waals surface area contributed by atoms with E-state index in [0.29, 0.717) is 67.9 Å². The van der Waals surface area contributed by atoms with Crippen LogP contribution in [0.5, 0.6) is 23.0 Å². The van der Waals surface area contributed by atoms with Crippen molar-refractivity contribution in [2.24, 2.45) is 5.92 Å². The van der Waals surface area contributed by atoms with Crippen molar-refractivity contribution >= 4 is 5.91 Å². The summed E-state index contributed by atoms with van der Waals surface area (Å²) in [6, 6.07) is 9.00. The number of carbonyl (C=O) groups is 1. The van der Waals surface area contributed by atoms with Crippen LogP contribution in [0.15, 0.2) is 36.4 Å². The van der Waals surface area contributed by atoms with Gasteiger partial charge in [0.2, 0.25) is 5.75 Å². The van der Waals surface area contributed by atoms with E-state index >= 15 is 0 Å². The topological polar surface area (TPSA) is 89.9 Å². The third kappa shape index (κ3) is 8.21. The molecule has 1 heterocycles. The molecule has 0 aliphatic carbocycles. The molecule has 9 nitrogen and oxygen atoms in total. The Hall–Kier alpha value is -3.08. The summed E-state index contributed by atoms with van der Waals surface area (Å²) in [4.78, 5) is 17.5. The summed E-state index contributed by atoms with van der Waals surface area (Å²) in [7, 11) is 4.55. The normalized spacial score (nSPS) is 16.7. The molecule has 1 amide bonds. The van der Waals surface area contributed by atoms with Crippen molar-refractivity contribution in [3.63, 3.8) is 0 Å². The lowest BCUT2D eigenvalue weighted by atomic mass is 10.1. The number of β-amino-alcohol motifs (C(OH)–C–C–N with tert-alkyl or cyclic N) is 1. The molecule has 0 saturated carbocycles. The molecule has 1 fully saturated rings. The minimum absolute atomic E-state index is 0.0900. The Morgan fingerprint density at radius 1 is 1.13 bits per heavy atom. The second-order valence-corrected chi connectivity index (χ2v) is 9.69. The minimum atomic E-state index is -0.730. The van der Waals surface area contributed by atoms with Gasteiger partial charge < -0.3 is 33.7 Å². The summed E-state index contributed by atoms with van der Waals surface area (Å²) < 4.78 is 40.9. The molecular weight excluding hydrogens is 495 g/mol. The maximum Gasteiger partial charge on any atom is 0.254 e. The van der Waals surface area contributed by atoms with Crippen molar-refractivity contribution in [2.75, 3.05) is 67.3 Å². The molecule has 1 saturated heterocycles. The van der Waals surface area contributed by atoms with Crippen molar-refractivity contribution in [2.45, 2.75) is 26.1 Å². The highest BCUT2D eigenvalue weighted by Gasteiger charge is 2.28. The first-order chi connectivity index (χ1) is 18.2. The second-order valence-electron chi connectivity index (χ2n) is 9.69. The van der Waals surface area contributed by atoms with Crippen LogP contribution in [-0.4, -0.2) is 100 Å². The quantitative estimate of drug-likeness (QED) is 0.420. The van der Waals surface area contributed by atoms with Crippen LogP contribution in [-0.2, 0) is 4.74 Å². The Kier molecular flexibility index (Phi) is 11.0. The summed E-state index contributed by atoms with van der Waals surface area (Å²) >= 11 is 0. The van der Waals surface area contributed by atoms with Crippen LogP contribution in [0.3, 0.4) is 0 Å². The van der Waals surface area contributed by atoms with Gasteiger partial charge in [-0.05, 0) is 42.3 Å². The Morgan fingerprint density at radius 3 is 2.37 bits per heavy atom. The lowest BCUT2D eigenvalue weighted by Crippen LogP contribution is -2.51. The highest BCUT2D eigenvalue weighted by Crippen LogP contribution is 2.38. The van der Waals surface area contributed by atoms with E-state index in [1.807, 2.05) is 0 Å². The summed E-state index contributed by atoms with van der Waals surface area (Å²) in [5.74, 6) is 1.49. The second kappa shape index (κ2) is 14.2. The minimum Gasteiger partial charge on any atom is -0.493 e. The predicted octanol–water partition coefficient (Wildman–Crippen LogP) is 3.09. The fraction of sp³-hybridized carbons (Fsp3) is 0.536. The Labute approximate surface area is 224 Å². The lowest BCUT2D eigenvalue weighted by Gasteiger charge is -2.37. The van der Waals surface area contributed by atoms with Gasteiger partial charge in [0.1, 0.15) is 24.3 Å². The average molecular weight is 535 g/mol. The van der Waals surface area contributed by atoms with Crippen LogP contribution in [0.4, 0.5) is 4.39 Å². The molecule has 38 heavy (non-hydrogen) atoms. The van der Waals surface area contributed by atoms with Crippen molar-refractivity contribution in [1.82, 2.24) is 9.80 Å². The number of aliphatic hydroxyl groups excluding tert-OH is 1. The van der Waals surface area contributed by atoms with Gasteiger partial charge in [0, 0.05) is 38.3 Å². The third-order valence-electron chi connectivity index (χ3n) is 6.16. The van der Waals surface area contributed by atoms with Gasteiger partial charge in [-0.2, -0.15) is 0 Å². The Bertz CT molecular complexity index is 1010. The zero-order valence-electron chi connectivity index (χ0n) is 22.8. The van der Waals surface area contributed by atoms with Crippen molar-refractivity contribution in [3.8, 4) is 23.0 Å². The van der Waals surface area contributed by atoms with E-state index in [-0.39, 0.29) is 30.4 Å². The summed E-state index contributed by atoms with van der Waals surface area (Å²) in [6.07, 6.45) is -0.954. The van der Waals surface area contributed by atoms with Crippen LogP contribution in [0.25, 0.3) is 0 Å². The summed E-state index contributed by atoms with van der Waals surface area (Å²) in [6.45, 7) is 7.25. The van der Waals surface area contributed by atoms with Crippen LogP contribution in [0.1, 0.15) is 24.2 Å². The molecule has 1 aliphatic heterocycles. The van der Waals surface area contributed by atoms with Gasteiger partial charge in [-0.3, -0.25) is 9.69 Å². The largest absolute Gasteiger partial charge is 0.493 e. The van der Waals surface area contributed by atoms with Crippen molar-refractivity contribution in [1.29, 1.82) is 0 Å². The molecule has 2 unspecified atom stereocenters. The first kappa shape index (κ1) is 29.5. The number of rotatable bonds is 13. The van der Waals surface area contributed by atoms with Crippen molar-refractivity contribution < 1.29 is 38.0 Å². The summed E-state index contributed by atoms with van der Waals surface area (Å²) in [5, 5.41) is 10.5. The number of halogens is 1.